The Labute approximate surface area is 62.0 Å². The highest BCUT2D eigenvalue weighted by Crippen LogP contribution is 2.12. The van der Waals surface area contributed by atoms with Gasteiger partial charge in [0.15, 0.2) is 11.6 Å². The van der Waals surface area contributed by atoms with Crippen LogP contribution >= 0.6 is 0 Å². The lowest BCUT2D eigenvalue weighted by atomic mass is 10.2. The summed E-state index contributed by atoms with van der Waals surface area (Å²) in [5, 5.41) is 0. The second-order valence-corrected chi connectivity index (χ2v) is 1.92. The Bertz CT molecular complexity index is 292. The highest BCUT2D eigenvalue weighted by Gasteiger charge is 2.06. The van der Waals surface area contributed by atoms with Gasteiger partial charge in [-0.25, -0.2) is 13.2 Å². The minimum absolute atomic E-state index is 0.163. The number of hydrogen-bond acceptors (Lipinski definition) is 0. The molecule has 0 saturated carbocycles. The molecule has 0 bridgehead atoms. The first kappa shape index (κ1) is 7.85. The van der Waals surface area contributed by atoms with Crippen LogP contribution in [-0.4, -0.2) is 0 Å². The van der Waals surface area contributed by atoms with Gasteiger partial charge in [0.1, 0.15) is 5.82 Å². The van der Waals surface area contributed by atoms with Gasteiger partial charge in [0.25, 0.3) is 0 Å². The van der Waals surface area contributed by atoms with Crippen molar-refractivity contribution in [3.63, 3.8) is 0 Å². The summed E-state index contributed by atoms with van der Waals surface area (Å²) in [4.78, 5) is 0. The molecule has 0 fully saturated rings. The summed E-state index contributed by atoms with van der Waals surface area (Å²) in [7, 11) is 0. The molecule has 1 radical (unpaired) electrons. The van der Waals surface area contributed by atoms with Crippen molar-refractivity contribution in [2.24, 2.45) is 0 Å². The molecule has 0 heterocycles. The van der Waals surface area contributed by atoms with Crippen LogP contribution in [0.15, 0.2) is 18.7 Å². The van der Waals surface area contributed by atoms with E-state index in [0.717, 1.165) is 0 Å². The fourth-order valence-corrected chi connectivity index (χ4v) is 0.658. The van der Waals surface area contributed by atoms with Crippen molar-refractivity contribution in [1.82, 2.24) is 0 Å². The van der Waals surface area contributed by atoms with E-state index in [1.165, 1.54) is 0 Å². The number of halogens is 3. The van der Waals surface area contributed by atoms with E-state index in [2.05, 4.69) is 12.7 Å². The standard InChI is InChI=1S/C8H4F3/c1-2-5-3-7(10)8(11)4-6(5)9/h3-4H,1H2. The molecule has 0 atom stereocenters. The fourth-order valence-electron chi connectivity index (χ4n) is 0.658. The van der Waals surface area contributed by atoms with E-state index in [0.29, 0.717) is 12.1 Å². The first-order valence-corrected chi connectivity index (χ1v) is 2.83. The van der Waals surface area contributed by atoms with Crippen LogP contribution in [0.1, 0.15) is 5.56 Å². The lowest BCUT2D eigenvalue weighted by Crippen LogP contribution is -1.90. The third kappa shape index (κ3) is 1.42. The topological polar surface area (TPSA) is 0 Å². The first-order valence-electron chi connectivity index (χ1n) is 2.83. The van der Waals surface area contributed by atoms with Crippen LogP contribution in [0.25, 0.3) is 0 Å². The molecule has 0 spiro atoms. The van der Waals surface area contributed by atoms with Crippen LogP contribution in [0.4, 0.5) is 13.2 Å². The Balaban J connectivity index is 3.31. The molecule has 0 aliphatic heterocycles. The summed E-state index contributed by atoms with van der Waals surface area (Å²) >= 11 is 0. The van der Waals surface area contributed by atoms with Crippen molar-refractivity contribution >= 4 is 0 Å². The van der Waals surface area contributed by atoms with Gasteiger partial charge in [-0.15, -0.1) is 0 Å². The average Bonchev–Trinajstić information content (AvgIpc) is 1.97. The molecule has 1 aromatic carbocycles. The van der Waals surface area contributed by atoms with E-state index >= 15 is 0 Å². The van der Waals surface area contributed by atoms with Crippen LogP contribution in [0, 0.1) is 23.5 Å². The number of rotatable bonds is 1. The Hall–Kier alpha value is -1.25. The molecule has 0 aliphatic carbocycles. The SMILES string of the molecule is C=[C]c1cc(F)c(F)cc1F. The first-order chi connectivity index (χ1) is 5.15. The molecule has 1 aromatic rings. The zero-order valence-electron chi connectivity index (χ0n) is 5.50. The van der Waals surface area contributed by atoms with Gasteiger partial charge in [-0.05, 0) is 12.1 Å². The fraction of sp³-hybridized carbons (Fsp3) is 0. The smallest absolute Gasteiger partial charge is 0.161 e. The summed E-state index contributed by atoms with van der Waals surface area (Å²) in [6.45, 7) is 3.11. The van der Waals surface area contributed by atoms with Gasteiger partial charge in [0, 0.05) is 11.6 Å². The lowest BCUT2D eigenvalue weighted by Gasteiger charge is -1.96. The summed E-state index contributed by atoms with van der Waals surface area (Å²) < 4.78 is 37.1. The Morgan fingerprint density at radius 3 is 2.09 bits per heavy atom. The Morgan fingerprint density at radius 2 is 1.55 bits per heavy atom. The quantitative estimate of drug-likeness (QED) is 0.549. The number of hydrogen-bond donors (Lipinski definition) is 0. The van der Waals surface area contributed by atoms with Gasteiger partial charge in [0.05, 0.1) is 0 Å². The summed E-state index contributed by atoms with van der Waals surface area (Å²) in [6, 6.07) is 1.17. The van der Waals surface area contributed by atoms with Crippen LogP contribution < -0.4 is 0 Å². The zero-order chi connectivity index (χ0) is 8.43. The van der Waals surface area contributed by atoms with Crippen molar-refractivity contribution in [3.8, 4) is 0 Å². The zero-order valence-corrected chi connectivity index (χ0v) is 5.50. The summed E-state index contributed by atoms with van der Waals surface area (Å²) in [6.07, 6.45) is 2.13. The van der Waals surface area contributed by atoms with E-state index < -0.39 is 17.5 Å². The van der Waals surface area contributed by atoms with Crippen LogP contribution in [0.3, 0.4) is 0 Å². The molecule has 0 unspecified atom stereocenters. The predicted octanol–water partition coefficient (Wildman–Crippen LogP) is 2.44. The average molecular weight is 157 g/mol. The normalized spacial score (nSPS) is 9.73. The minimum atomic E-state index is -1.21. The second kappa shape index (κ2) is 2.78. The highest BCUT2D eigenvalue weighted by molar-refractivity contribution is 5.24. The molecule has 0 amide bonds. The van der Waals surface area contributed by atoms with E-state index in [1.807, 2.05) is 0 Å². The van der Waals surface area contributed by atoms with Crippen molar-refractivity contribution in [2.75, 3.05) is 0 Å². The third-order valence-electron chi connectivity index (χ3n) is 1.20. The molecule has 1 rings (SSSR count). The van der Waals surface area contributed by atoms with Crippen molar-refractivity contribution in [2.45, 2.75) is 0 Å². The lowest BCUT2D eigenvalue weighted by molar-refractivity contribution is 0.493. The molecule has 57 valence electrons. The molecule has 0 aliphatic rings. The van der Waals surface area contributed by atoms with Crippen LogP contribution in [0.5, 0.6) is 0 Å². The van der Waals surface area contributed by atoms with E-state index in [4.69, 9.17) is 0 Å². The molecule has 0 nitrogen and oxygen atoms in total. The summed E-state index contributed by atoms with van der Waals surface area (Å²) in [5.41, 5.74) is -0.163. The van der Waals surface area contributed by atoms with E-state index in [-0.39, 0.29) is 5.56 Å². The molecule has 0 saturated heterocycles. The Kier molecular flexibility index (Phi) is 1.98. The predicted molar refractivity (Wildman–Crippen MR) is 34.3 cm³/mol. The van der Waals surface area contributed by atoms with Gasteiger partial charge in [-0.2, -0.15) is 0 Å². The third-order valence-corrected chi connectivity index (χ3v) is 1.20. The second-order valence-electron chi connectivity index (χ2n) is 1.92. The van der Waals surface area contributed by atoms with Gasteiger partial charge >= 0.3 is 0 Å². The van der Waals surface area contributed by atoms with E-state index in [9.17, 15) is 13.2 Å². The van der Waals surface area contributed by atoms with Crippen LogP contribution in [0.2, 0.25) is 0 Å². The van der Waals surface area contributed by atoms with Crippen LogP contribution in [-0.2, 0) is 0 Å². The van der Waals surface area contributed by atoms with Crippen molar-refractivity contribution in [1.29, 1.82) is 0 Å². The number of benzene rings is 1. The molecule has 3 heteroatoms. The maximum absolute atomic E-state index is 12.5. The maximum atomic E-state index is 12.5. The van der Waals surface area contributed by atoms with Crippen molar-refractivity contribution < 1.29 is 13.2 Å². The summed E-state index contributed by atoms with van der Waals surface area (Å²) in [5.74, 6) is -3.17. The maximum Gasteiger partial charge on any atom is 0.161 e. The monoisotopic (exact) mass is 157 g/mol. The van der Waals surface area contributed by atoms with E-state index in [1.54, 1.807) is 0 Å². The minimum Gasteiger partial charge on any atom is -0.206 e. The van der Waals surface area contributed by atoms with Gasteiger partial charge < -0.3 is 0 Å². The van der Waals surface area contributed by atoms with Crippen molar-refractivity contribution in [3.05, 3.63) is 47.8 Å². The molecular weight excluding hydrogens is 153 g/mol. The largest absolute Gasteiger partial charge is 0.206 e. The molecule has 0 aromatic heterocycles. The Morgan fingerprint density at radius 1 is 1.00 bits per heavy atom. The van der Waals surface area contributed by atoms with Gasteiger partial charge in [-0.1, -0.05) is 6.58 Å². The molecule has 0 N–H and O–H groups in total. The molecule has 11 heavy (non-hydrogen) atoms. The molecular formula is C8H4F3. The van der Waals surface area contributed by atoms with Gasteiger partial charge in [-0.3, -0.25) is 0 Å². The highest BCUT2D eigenvalue weighted by atomic mass is 19.2. The van der Waals surface area contributed by atoms with Gasteiger partial charge in [0.2, 0.25) is 0 Å².